The fourth-order valence-electron chi connectivity index (χ4n) is 5.28. The molecule has 0 unspecified atom stereocenters. The van der Waals surface area contributed by atoms with Crippen molar-refractivity contribution in [3.05, 3.63) is 127 Å². The second kappa shape index (κ2) is 9.63. The minimum atomic E-state index is 0.931. The number of hydrogen-bond acceptors (Lipinski definition) is 5. The van der Waals surface area contributed by atoms with E-state index in [2.05, 4.69) is 97.1 Å². The van der Waals surface area contributed by atoms with E-state index in [0.717, 1.165) is 43.6 Å². The lowest BCUT2D eigenvalue weighted by Crippen LogP contribution is -1.97. The molecule has 0 N–H and O–H groups in total. The summed E-state index contributed by atoms with van der Waals surface area (Å²) in [6.45, 7) is 0. The van der Waals surface area contributed by atoms with Crippen molar-refractivity contribution in [3.8, 4) is 33.6 Å². The summed E-state index contributed by atoms with van der Waals surface area (Å²) in [5.74, 6) is 0. The molecule has 0 atom stereocenters. The zero-order valence-electron chi connectivity index (χ0n) is 21.3. The molecule has 0 bridgehead atoms. The monoisotopic (exact) mass is 547 g/mol. The van der Waals surface area contributed by atoms with Gasteiger partial charge in [-0.25, -0.2) is 15.0 Å². The Kier molecular flexibility index (Phi) is 5.64. The highest BCUT2D eigenvalue weighted by Crippen LogP contribution is 2.48. The van der Waals surface area contributed by atoms with Gasteiger partial charge in [-0.1, -0.05) is 115 Å². The SMILES string of the molecule is c1ccc(-c2cccc(-c3ccc(-c4ccc5c(c4)Sc4nc6ccccc6nc4S5)c4ccccc34)n2)cc1. The molecule has 0 radical (unpaired) electrons. The van der Waals surface area contributed by atoms with Crippen molar-refractivity contribution in [2.45, 2.75) is 19.8 Å². The van der Waals surface area contributed by atoms with E-state index in [1.807, 2.05) is 30.3 Å². The molecule has 0 saturated carbocycles. The van der Waals surface area contributed by atoms with E-state index in [1.165, 1.54) is 31.7 Å². The van der Waals surface area contributed by atoms with Gasteiger partial charge in [0.1, 0.15) is 10.1 Å². The molecule has 0 spiro atoms. The average molecular weight is 548 g/mol. The largest absolute Gasteiger partial charge is 0.248 e. The summed E-state index contributed by atoms with van der Waals surface area (Å²) in [6.07, 6.45) is 0. The fraction of sp³-hybridized carbons (Fsp3) is 0. The summed E-state index contributed by atoms with van der Waals surface area (Å²) in [4.78, 5) is 17.3. The van der Waals surface area contributed by atoms with Crippen LogP contribution < -0.4 is 0 Å². The topological polar surface area (TPSA) is 38.7 Å². The van der Waals surface area contributed by atoms with Crippen molar-refractivity contribution in [2.24, 2.45) is 0 Å². The van der Waals surface area contributed by atoms with Gasteiger partial charge in [-0.05, 0) is 58.3 Å². The van der Waals surface area contributed by atoms with Gasteiger partial charge >= 0.3 is 0 Å². The number of hydrogen-bond donors (Lipinski definition) is 0. The van der Waals surface area contributed by atoms with Crippen molar-refractivity contribution in [1.82, 2.24) is 15.0 Å². The third-order valence-electron chi connectivity index (χ3n) is 7.20. The third-order valence-corrected chi connectivity index (χ3v) is 9.54. The average Bonchev–Trinajstić information content (AvgIpc) is 3.02. The smallest absolute Gasteiger partial charge is 0.134 e. The van der Waals surface area contributed by atoms with Crippen LogP contribution in [0.15, 0.2) is 147 Å². The van der Waals surface area contributed by atoms with E-state index < -0.39 is 0 Å². The molecule has 5 heteroatoms. The molecule has 0 fully saturated rings. The zero-order valence-corrected chi connectivity index (χ0v) is 22.9. The van der Waals surface area contributed by atoms with Gasteiger partial charge in [-0.2, -0.15) is 0 Å². The first kappa shape index (κ1) is 23.4. The Morgan fingerprint density at radius 2 is 1.02 bits per heavy atom. The number of para-hydroxylation sites is 2. The van der Waals surface area contributed by atoms with Crippen molar-refractivity contribution >= 4 is 45.3 Å². The van der Waals surface area contributed by atoms with Crippen molar-refractivity contribution in [1.29, 1.82) is 0 Å². The Morgan fingerprint density at radius 1 is 0.400 bits per heavy atom. The molecule has 7 aromatic rings. The lowest BCUT2D eigenvalue weighted by molar-refractivity contribution is 0.953. The van der Waals surface area contributed by atoms with Crippen molar-refractivity contribution < 1.29 is 0 Å². The first-order valence-electron chi connectivity index (χ1n) is 13.1. The van der Waals surface area contributed by atoms with Gasteiger partial charge in [0.25, 0.3) is 0 Å². The number of rotatable bonds is 3. The molecular weight excluding hydrogens is 527 g/mol. The standard InChI is InChI=1S/C35H21N3S2/c1-2-9-22(10-3-1)28-15-8-16-29(36-28)27-19-18-24(25-11-4-5-12-26(25)27)23-17-20-32-33(21-23)40-35-34(39-32)37-30-13-6-7-14-31(30)38-35/h1-21H. The van der Waals surface area contributed by atoms with Gasteiger partial charge in [0, 0.05) is 20.9 Å². The second-order valence-corrected chi connectivity index (χ2v) is 11.7. The van der Waals surface area contributed by atoms with Crippen molar-refractivity contribution in [3.63, 3.8) is 0 Å². The maximum atomic E-state index is 5.05. The molecule has 1 aliphatic rings. The fourth-order valence-corrected chi connectivity index (χ4v) is 7.40. The van der Waals surface area contributed by atoms with E-state index in [9.17, 15) is 0 Å². The molecule has 2 aromatic heterocycles. The van der Waals surface area contributed by atoms with Crippen LogP contribution in [-0.4, -0.2) is 15.0 Å². The van der Waals surface area contributed by atoms with E-state index >= 15 is 0 Å². The summed E-state index contributed by atoms with van der Waals surface area (Å²) >= 11 is 3.41. The van der Waals surface area contributed by atoms with Crippen LogP contribution in [0, 0.1) is 0 Å². The molecule has 0 amide bonds. The Bertz CT molecular complexity index is 2070. The van der Waals surface area contributed by atoms with E-state index in [1.54, 1.807) is 23.5 Å². The van der Waals surface area contributed by atoms with Crippen LogP contribution in [0.2, 0.25) is 0 Å². The zero-order chi connectivity index (χ0) is 26.5. The number of aromatic nitrogens is 3. The Balaban J connectivity index is 1.20. The molecule has 5 aromatic carbocycles. The van der Waals surface area contributed by atoms with E-state index in [0.29, 0.717) is 0 Å². The molecule has 0 saturated heterocycles. The number of benzene rings is 5. The van der Waals surface area contributed by atoms with Crippen LogP contribution in [-0.2, 0) is 0 Å². The van der Waals surface area contributed by atoms with Crippen LogP contribution >= 0.6 is 23.5 Å². The maximum Gasteiger partial charge on any atom is 0.134 e. The maximum absolute atomic E-state index is 5.05. The summed E-state index contributed by atoms with van der Waals surface area (Å²) < 4.78 is 0. The first-order valence-corrected chi connectivity index (χ1v) is 14.7. The molecule has 3 heterocycles. The molecule has 188 valence electrons. The molecule has 8 rings (SSSR count). The highest BCUT2D eigenvalue weighted by Gasteiger charge is 2.21. The molecule has 1 aliphatic heterocycles. The normalized spacial score (nSPS) is 12.3. The van der Waals surface area contributed by atoms with Crippen LogP contribution in [0.4, 0.5) is 0 Å². The van der Waals surface area contributed by atoms with Gasteiger partial charge < -0.3 is 0 Å². The third kappa shape index (κ3) is 4.06. The minimum absolute atomic E-state index is 0.931. The molecule has 3 nitrogen and oxygen atoms in total. The van der Waals surface area contributed by atoms with Gasteiger partial charge in [0.2, 0.25) is 0 Å². The number of nitrogens with zero attached hydrogens (tertiary/aromatic N) is 3. The van der Waals surface area contributed by atoms with Gasteiger partial charge in [-0.15, -0.1) is 0 Å². The Hall–Kier alpha value is -4.45. The minimum Gasteiger partial charge on any atom is -0.248 e. The number of fused-ring (bicyclic) bond motifs is 4. The summed E-state index contributed by atoms with van der Waals surface area (Å²) in [5.41, 5.74) is 8.48. The van der Waals surface area contributed by atoms with Crippen LogP contribution in [0.1, 0.15) is 0 Å². The van der Waals surface area contributed by atoms with Crippen LogP contribution in [0.3, 0.4) is 0 Å². The Labute approximate surface area is 240 Å². The van der Waals surface area contributed by atoms with E-state index in [-0.39, 0.29) is 0 Å². The van der Waals surface area contributed by atoms with Gasteiger partial charge in [0.15, 0.2) is 0 Å². The van der Waals surface area contributed by atoms with Crippen molar-refractivity contribution in [2.75, 3.05) is 0 Å². The van der Waals surface area contributed by atoms with Crippen LogP contribution in [0.5, 0.6) is 0 Å². The lowest BCUT2D eigenvalue weighted by atomic mass is 9.93. The van der Waals surface area contributed by atoms with Gasteiger partial charge in [0.05, 0.1) is 22.4 Å². The predicted octanol–water partition coefficient (Wildman–Crippen LogP) is 9.79. The molecule has 0 aliphatic carbocycles. The van der Waals surface area contributed by atoms with Crippen LogP contribution in [0.25, 0.3) is 55.4 Å². The summed E-state index contributed by atoms with van der Waals surface area (Å²) in [7, 11) is 0. The highest BCUT2D eigenvalue weighted by atomic mass is 32.2. The van der Waals surface area contributed by atoms with Gasteiger partial charge in [-0.3, -0.25) is 0 Å². The van der Waals surface area contributed by atoms with E-state index in [4.69, 9.17) is 15.0 Å². The Morgan fingerprint density at radius 3 is 1.80 bits per heavy atom. The highest BCUT2D eigenvalue weighted by molar-refractivity contribution is 8.05. The quantitative estimate of drug-likeness (QED) is 0.220. The second-order valence-electron chi connectivity index (χ2n) is 9.67. The summed E-state index contributed by atoms with van der Waals surface area (Å²) in [5, 5.41) is 4.36. The summed E-state index contributed by atoms with van der Waals surface area (Å²) in [6, 6.07) is 44.5. The number of pyridine rings is 1. The first-order chi connectivity index (χ1) is 19.8. The molecular formula is C35H21N3S2. The molecule has 40 heavy (non-hydrogen) atoms. The predicted molar refractivity (Wildman–Crippen MR) is 166 cm³/mol. The lowest BCUT2D eigenvalue weighted by Gasteiger charge is -2.19.